The van der Waals surface area contributed by atoms with Crippen molar-refractivity contribution < 1.29 is 23.1 Å². The van der Waals surface area contributed by atoms with Crippen LogP contribution in [0.2, 0.25) is 0 Å². The summed E-state index contributed by atoms with van der Waals surface area (Å²) in [6, 6.07) is 8.75. The van der Waals surface area contributed by atoms with Gasteiger partial charge in [-0.25, -0.2) is 0 Å². The molecule has 3 nitrogen and oxygen atoms in total. The molecular formula is C22H28F3NO2. The number of aliphatic hydroxyl groups is 1. The second kappa shape index (κ2) is 6.48. The van der Waals surface area contributed by atoms with Crippen molar-refractivity contribution >= 4 is 5.91 Å². The third kappa shape index (κ3) is 3.23. The largest absolute Gasteiger partial charge is 0.417 e. The molecule has 2 aliphatic carbocycles. The zero-order valence-corrected chi connectivity index (χ0v) is 16.4. The molecule has 1 aliphatic heterocycles. The lowest BCUT2D eigenvalue weighted by Crippen LogP contribution is -2.64. The van der Waals surface area contributed by atoms with Gasteiger partial charge in [-0.3, -0.25) is 4.79 Å². The number of hydrogen-bond acceptors (Lipinski definition) is 2. The molecule has 6 heteroatoms. The summed E-state index contributed by atoms with van der Waals surface area (Å²) in [4.78, 5) is 14.2. The van der Waals surface area contributed by atoms with Crippen molar-refractivity contribution in [3.05, 3.63) is 35.4 Å². The Morgan fingerprint density at radius 1 is 1.21 bits per heavy atom. The van der Waals surface area contributed by atoms with Crippen LogP contribution < -0.4 is 0 Å². The van der Waals surface area contributed by atoms with Gasteiger partial charge >= 0.3 is 6.18 Å². The molecule has 1 N–H and O–H groups in total. The minimum atomic E-state index is -4.65. The highest BCUT2D eigenvalue weighted by Crippen LogP contribution is 2.54. The van der Waals surface area contributed by atoms with Gasteiger partial charge in [0.15, 0.2) is 5.60 Å². The van der Waals surface area contributed by atoms with E-state index in [9.17, 15) is 23.1 Å². The molecule has 3 fully saturated rings. The van der Waals surface area contributed by atoms with E-state index < -0.39 is 30.5 Å². The lowest BCUT2D eigenvalue weighted by molar-refractivity contribution is -0.297. The molecular weight excluding hydrogens is 367 g/mol. The molecule has 0 bridgehead atoms. The second-order valence-corrected chi connectivity index (χ2v) is 9.59. The van der Waals surface area contributed by atoms with Gasteiger partial charge in [-0.2, -0.15) is 13.2 Å². The number of hydrogen-bond donors (Lipinski definition) is 1. The number of carbonyl (C=O) groups excluding carboxylic acids is 1. The minimum Gasteiger partial charge on any atom is -0.380 e. The van der Waals surface area contributed by atoms with E-state index in [1.165, 1.54) is 11.1 Å². The predicted molar refractivity (Wildman–Crippen MR) is 99.9 cm³/mol. The molecule has 0 aromatic heterocycles. The Labute approximate surface area is 163 Å². The first-order valence-corrected chi connectivity index (χ1v) is 10.2. The topological polar surface area (TPSA) is 40.5 Å². The Morgan fingerprint density at radius 2 is 1.89 bits per heavy atom. The number of carbonyl (C=O) groups is 1. The average Bonchev–Trinajstić information content (AvgIpc) is 3.02. The van der Waals surface area contributed by atoms with Gasteiger partial charge in [0.2, 0.25) is 5.91 Å². The zero-order valence-electron chi connectivity index (χ0n) is 16.4. The maximum atomic E-state index is 12.8. The lowest BCUT2D eigenvalue weighted by Gasteiger charge is -2.52. The standard InChI is InChI=1S/C22H28F3NO2/c1-14(2)15-4-3-5-16(8-15)17-6-7-20(9-17)12-26(13-20)19(27)18-10-21(28,11-18)22(23,24)25/h3-5,8,14,17-18,28H,6-7,9-13H2,1-2H3. The van der Waals surface area contributed by atoms with Gasteiger partial charge in [-0.1, -0.05) is 38.1 Å². The van der Waals surface area contributed by atoms with Crippen LogP contribution >= 0.6 is 0 Å². The van der Waals surface area contributed by atoms with Crippen molar-refractivity contribution in [3.8, 4) is 0 Å². The van der Waals surface area contributed by atoms with Crippen molar-refractivity contribution in [1.29, 1.82) is 0 Å². The molecule has 1 heterocycles. The van der Waals surface area contributed by atoms with Crippen LogP contribution in [0.1, 0.15) is 68.9 Å². The summed E-state index contributed by atoms with van der Waals surface area (Å²) in [6.45, 7) is 5.66. The Morgan fingerprint density at radius 3 is 2.50 bits per heavy atom. The number of halogens is 3. The Balaban J connectivity index is 1.32. The van der Waals surface area contributed by atoms with E-state index in [0.717, 1.165) is 19.3 Å². The first-order chi connectivity index (χ1) is 13.0. The highest BCUT2D eigenvalue weighted by atomic mass is 19.4. The fraction of sp³-hybridized carbons (Fsp3) is 0.682. The van der Waals surface area contributed by atoms with E-state index in [1.807, 2.05) is 0 Å². The van der Waals surface area contributed by atoms with Gasteiger partial charge < -0.3 is 10.0 Å². The fourth-order valence-corrected chi connectivity index (χ4v) is 5.29. The third-order valence-electron chi connectivity index (χ3n) is 7.16. The number of benzene rings is 1. The summed E-state index contributed by atoms with van der Waals surface area (Å²) in [7, 11) is 0. The van der Waals surface area contributed by atoms with E-state index in [-0.39, 0.29) is 11.3 Å². The Hall–Kier alpha value is -1.56. The quantitative estimate of drug-likeness (QED) is 0.812. The zero-order chi connectivity index (χ0) is 20.3. The second-order valence-electron chi connectivity index (χ2n) is 9.59. The van der Waals surface area contributed by atoms with Crippen LogP contribution in [0.3, 0.4) is 0 Å². The monoisotopic (exact) mass is 395 g/mol. The van der Waals surface area contributed by atoms with Crippen LogP contribution in [0.5, 0.6) is 0 Å². The first kappa shape index (κ1) is 19.7. The van der Waals surface area contributed by atoms with Gasteiger partial charge in [-0.05, 0) is 55.1 Å². The van der Waals surface area contributed by atoms with Gasteiger partial charge in [0.1, 0.15) is 0 Å². The van der Waals surface area contributed by atoms with E-state index in [0.29, 0.717) is 24.9 Å². The van der Waals surface area contributed by atoms with E-state index in [1.54, 1.807) is 4.90 Å². The smallest absolute Gasteiger partial charge is 0.380 e. The molecule has 3 aliphatic rings. The van der Waals surface area contributed by atoms with Gasteiger partial charge in [0.05, 0.1) is 0 Å². The molecule has 1 unspecified atom stereocenters. The maximum absolute atomic E-state index is 12.8. The van der Waals surface area contributed by atoms with Crippen molar-refractivity contribution in [2.24, 2.45) is 11.3 Å². The Bertz CT molecular complexity index is 761. The summed E-state index contributed by atoms with van der Waals surface area (Å²) >= 11 is 0. The molecule has 1 spiro atoms. The molecule has 1 atom stereocenters. The first-order valence-electron chi connectivity index (χ1n) is 10.2. The average molecular weight is 395 g/mol. The lowest BCUT2D eigenvalue weighted by atomic mass is 9.68. The molecule has 2 saturated carbocycles. The fourth-order valence-electron chi connectivity index (χ4n) is 5.29. The van der Waals surface area contributed by atoms with Crippen LogP contribution in [0, 0.1) is 11.3 Å². The molecule has 28 heavy (non-hydrogen) atoms. The molecule has 1 amide bonds. The van der Waals surface area contributed by atoms with Crippen LogP contribution in [-0.2, 0) is 4.79 Å². The summed E-state index contributed by atoms with van der Waals surface area (Å²) in [5, 5.41) is 9.57. The van der Waals surface area contributed by atoms with Crippen LogP contribution in [-0.4, -0.2) is 40.8 Å². The third-order valence-corrected chi connectivity index (χ3v) is 7.16. The summed E-state index contributed by atoms with van der Waals surface area (Å²) in [5.74, 6) is 0.0774. The normalized spacial score (nSPS) is 31.8. The van der Waals surface area contributed by atoms with Gasteiger partial charge in [-0.15, -0.1) is 0 Å². The highest BCUT2D eigenvalue weighted by Gasteiger charge is 2.64. The summed E-state index contributed by atoms with van der Waals surface area (Å²) in [6.07, 6.45) is -2.45. The van der Waals surface area contributed by atoms with Gasteiger partial charge in [0, 0.05) is 24.4 Å². The van der Waals surface area contributed by atoms with Crippen LogP contribution in [0.15, 0.2) is 24.3 Å². The predicted octanol–water partition coefficient (Wildman–Crippen LogP) is 4.61. The van der Waals surface area contributed by atoms with E-state index >= 15 is 0 Å². The van der Waals surface area contributed by atoms with Crippen LogP contribution in [0.4, 0.5) is 13.2 Å². The highest BCUT2D eigenvalue weighted by molar-refractivity contribution is 5.81. The minimum absolute atomic E-state index is 0.123. The van der Waals surface area contributed by atoms with Crippen molar-refractivity contribution in [2.75, 3.05) is 13.1 Å². The number of nitrogens with zero attached hydrogens (tertiary/aromatic N) is 1. The van der Waals surface area contributed by atoms with E-state index in [4.69, 9.17) is 0 Å². The molecule has 1 aromatic carbocycles. The maximum Gasteiger partial charge on any atom is 0.417 e. The molecule has 154 valence electrons. The number of alkyl halides is 3. The molecule has 1 aromatic rings. The Kier molecular flexibility index (Phi) is 4.57. The van der Waals surface area contributed by atoms with Crippen molar-refractivity contribution in [1.82, 2.24) is 4.90 Å². The van der Waals surface area contributed by atoms with E-state index in [2.05, 4.69) is 38.1 Å². The number of likely N-dealkylation sites (tertiary alicyclic amines) is 1. The van der Waals surface area contributed by atoms with Crippen LogP contribution in [0.25, 0.3) is 0 Å². The molecule has 1 saturated heterocycles. The number of amides is 1. The number of rotatable bonds is 3. The van der Waals surface area contributed by atoms with Crippen molar-refractivity contribution in [3.63, 3.8) is 0 Å². The van der Waals surface area contributed by atoms with Gasteiger partial charge in [0.25, 0.3) is 0 Å². The SMILES string of the molecule is CC(C)c1cccc(C2CCC3(C2)CN(C(=O)C2CC(O)(C(F)(F)F)C2)C3)c1. The molecule has 0 radical (unpaired) electrons. The van der Waals surface area contributed by atoms with Crippen molar-refractivity contribution in [2.45, 2.75) is 69.6 Å². The molecule has 4 rings (SSSR count). The summed E-state index contributed by atoms with van der Waals surface area (Å²) < 4.78 is 38.3. The summed E-state index contributed by atoms with van der Waals surface area (Å²) in [5.41, 5.74) is 0.154.